The van der Waals surface area contributed by atoms with Gasteiger partial charge in [-0.05, 0) is 30.5 Å². The smallest absolute Gasteiger partial charge is 0.295 e. The quantitative estimate of drug-likeness (QED) is 0.263. The second-order valence-corrected chi connectivity index (χ2v) is 7.39. The Hall–Kier alpha value is -3.50. The molecule has 0 aliphatic carbocycles. The third-order valence-electron chi connectivity index (χ3n) is 4.17. The van der Waals surface area contributed by atoms with E-state index >= 15 is 0 Å². The Balaban J connectivity index is 2.15. The van der Waals surface area contributed by atoms with E-state index in [1.165, 1.54) is 43.3 Å². The fourth-order valence-corrected chi connectivity index (χ4v) is 3.54. The van der Waals surface area contributed by atoms with Crippen molar-refractivity contribution in [3.63, 3.8) is 0 Å². The van der Waals surface area contributed by atoms with Gasteiger partial charge in [-0.25, -0.2) is 0 Å². The number of hydrogen-bond donors (Lipinski definition) is 3. The fraction of sp³-hybridized carbons (Fsp3) is 0.0556. The first-order valence-corrected chi connectivity index (χ1v) is 9.32. The molecule has 0 heterocycles. The lowest BCUT2D eigenvalue weighted by molar-refractivity contribution is -0.385. The number of amides is 1. The molecule has 0 aliphatic heterocycles. The average molecular weight is 402 g/mol. The van der Waals surface area contributed by atoms with Crippen LogP contribution in [0.25, 0.3) is 10.8 Å². The SMILES string of the molecule is Cc1ccc(C(=O)Nc2c(O)ccc3cccc(S(=O)(=O)O)c23)cc1[N+](=O)[O-]. The van der Waals surface area contributed by atoms with E-state index in [0.717, 1.165) is 12.1 Å². The van der Waals surface area contributed by atoms with Crippen molar-refractivity contribution in [3.8, 4) is 5.75 Å². The number of benzene rings is 3. The molecular formula is C18H14N2O7S. The number of phenols is 1. The lowest BCUT2D eigenvalue weighted by Crippen LogP contribution is -2.13. The molecule has 0 atom stereocenters. The first kappa shape index (κ1) is 19.3. The van der Waals surface area contributed by atoms with E-state index in [1.807, 2.05) is 0 Å². The zero-order chi connectivity index (χ0) is 20.6. The molecule has 144 valence electrons. The normalized spacial score (nSPS) is 11.4. The van der Waals surface area contributed by atoms with E-state index in [2.05, 4.69) is 5.32 Å². The van der Waals surface area contributed by atoms with Crippen LogP contribution in [0.1, 0.15) is 15.9 Å². The monoisotopic (exact) mass is 402 g/mol. The van der Waals surface area contributed by atoms with Gasteiger partial charge in [0.1, 0.15) is 10.6 Å². The molecule has 0 aromatic heterocycles. The lowest BCUT2D eigenvalue weighted by atomic mass is 10.1. The standard InChI is InChI=1S/C18H14N2O7S/c1-10-5-6-12(9-13(10)20(23)24)18(22)19-17-14(21)8-7-11-3-2-4-15(16(11)17)28(25,26)27/h2-9,21H,1H3,(H,19,22)(H,25,26,27). The van der Waals surface area contributed by atoms with Gasteiger partial charge in [0, 0.05) is 22.6 Å². The van der Waals surface area contributed by atoms with E-state index in [1.54, 1.807) is 0 Å². The summed E-state index contributed by atoms with van der Waals surface area (Å²) in [6.45, 7) is 1.52. The van der Waals surface area contributed by atoms with Crippen molar-refractivity contribution < 1.29 is 27.8 Å². The Morgan fingerprint density at radius 1 is 1.14 bits per heavy atom. The van der Waals surface area contributed by atoms with Gasteiger partial charge in [-0.3, -0.25) is 19.5 Å². The van der Waals surface area contributed by atoms with E-state index in [0.29, 0.717) is 10.9 Å². The number of rotatable bonds is 4. The predicted octanol–water partition coefficient (Wildman–Crippen LogP) is 3.26. The second kappa shape index (κ2) is 6.91. The first-order valence-electron chi connectivity index (χ1n) is 7.88. The van der Waals surface area contributed by atoms with Crippen LogP contribution in [0.2, 0.25) is 0 Å². The number of nitro benzene ring substituents is 1. The topological polar surface area (TPSA) is 147 Å². The van der Waals surface area contributed by atoms with Gasteiger partial charge in [0.25, 0.3) is 21.7 Å². The highest BCUT2D eigenvalue weighted by atomic mass is 32.2. The van der Waals surface area contributed by atoms with Crippen LogP contribution in [0, 0.1) is 17.0 Å². The zero-order valence-corrected chi connectivity index (χ0v) is 15.2. The number of hydrogen-bond acceptors (Lipinski definition) is 6. The van der Waals surface area contributed by atoms with Crippen LogP contribution in [0.15, 0.2) is 53.4 Å². The summed E-state index contributed by atoms with van der Waals surface area (Å²) in [4.78, 5) is 22.6. The van der Waals surface area contributed by atoms with Crippen molar-refractivity contribution >= 4 is 38.2 Å². The number of phenolic OH excluding ortho intramolecular Hbond substituents is 1. The molecule has 0 spiro atoms. The molecule has 3 N–H and O–H groups in total. The Bertz CT molecular complexity index is 1240. The Labute approximate surface area is 159 Å². The maximum Gasteiger partial charge on any atom is 0.295 e. The number of aromatic hydroxyl groups is 1. The Morgan fingerprint density at radius 3 is 2.50 bits per heavy atom. The highest BCUT2D eigenvalue weighted by Crippen LogP contribution is 2.37. The molecule has 1 amide bonds. The van der Waals surface area contributed by atoms with Crippen molar-refractivity contribution in [2.45, 2.75) is 11.8 Å². The number of aryl methyl sites for hydroxylation is 1. The van der Waals surface area contributed by atoms with Crippen LogP contribution >= 0.6 is 0 Å². The molecule has 0 radical (unpaired) electrons. The van der Waals surface area contributed by atoms with Crippen molar-refractivity contribution in [1.82, 2.24) is 0 Å². The van der Waals surface area contributed by atoms with Crippen molar-refractivity contribution in [2.24, 2.45) is 0 Å². The van der Waals surface area contributed by atoms with Gasteiger partial charge in [0.05, 0.1) is 10.6 Å². The van der Waals surface area contributed by atoms with E-state index in [-0.39, 0.29) is 22.3 Å². The molecule has 9 nitrogen and oxygen atoms in total. The molecule has 3 rings (SSSR count). The van der Waals surface area contributed by atoms with Crippen LogP contribution in [-0.4, -0.2) is 28.9 Å². The van der Waals surface area contributed by atoms with Gasteiger partial charge in [0.2, 0.25) is 0 Å². The zero-order valence-electron chi connectivity index (χ0n) is 14.4. The predicted molar refractivity (Wildman–Crippen MR) is 101 cm³/mol. The van der Waals surface area contributed by atoms with Gasteiger partial charge < -0.3 is 10.4 Å². The molecule has 28 heavy (non-hydrogen) atoms. The highest BCUT2D eigenvalue weighted by Gasteiger charge is 2.21. The molecule has 0 bridgehead atoms. The van der Waals surface area contributed by atoms with E-state index < -0.39 is 31.6 Å². The Kier molecular flexibility index (Phi) is 4.75. The molecule has 0 aliphatic rings. The van der Waals surface area contributed by atoms with Gasteiger partial charge >= 0.3 is 0 Å². The Morgan fingerprint density at radius 2 is 1.86 bits per heavy atom. The fourth-order valence-electron chi connectivity index (χ4n) is 2.81. The lowest BCUT2D eigenvalue weighted by Gasteiger charge is -2.13. The summed E-state index contributed by atoms with van der Waals surface area (Å²) in [5.74, 6) is -1.23. The molecule has 3 aromatic carbocycles. The number of nitrogens with one attached hydrogen (secondary N) is 1. The highest BCUT2D eigenvalue weighted by molar-refractivity contribution is 7.86. The maximum absolute atomic E-state index is 12.6. The molecule has 3 aromatic rings. The van der Waals surface area contributed by atoms with Gasteiger partial charge in [-0.2, -0.15) is 8.42 Å². The summed E-state index contributed by atoms with van der Waals surface area (Å²) in [6.07, 6.45) is 0. The average Bonchev–Trinajstić information content (AvgIpc) is 2.62. The first-order chi connectivity index (χ1) is 13.1. The molecule has 10 heteroatoms. The summed E-state index contributed by atoms with van der Waals surface area (Å²) in [6, 6.07) is 10.6. The van der Waals surface area contributed by atoms with Crippen LogP contribution in [0.4, 0.5) is 11.4 Å². The van der Waals surface area contributed by atoms with E-state index in [4.69, 9.17) is 0 Å². The number of nitro groups is 1. The summed E-state index contributed by atoms with van der Waals surface area (Å²) < 4.78 is 32.9. The van der Waals surface area contributed by atoms with Crippen molar-refractivity contribution in [3.05, 3.63) is 69.8 Å². The van der Waals surface area contributed by atoms with Gasteiger partial charge in [0.15, 0.2) is 0 Å². The third-order valence-corrected chi connectivity index (χ3v) is 5.07. The van der Waals surface area contributed by atoms with Crippen LogP contribution < -0.4 is 5.32 Å². The van der Waals surface area contributed by atoms with Crippen LogP contribution in [0.3, 0.4) is 0 Å². The molecule has 0 saturated carbocycles. The second-order valence-electron chi connectivity index (χ2n) is 6.00. The minimum absolute atomic E-state index is 0.0574. The molecular weight excluding hydrogens is 388 g/mol. The van der Waals surface area contributed by atoms with Gasteiger partial charge in [-0.1, -0.05) is 24.3 Å². The van der Waals surface area contributed by atoms with E-state index in [9.17, 15) is 33.0 Å². The molecule has 0 fully saturated rings. The summed E-state index contributed by atoms with van der Waals surface area (Å²) in [7, 11) is -4.64. The van der Waals surface area contributed by atoms with Crippen LogP contribution in [-0.2, 0) is 10.1 Å². The van der Waals surface area contributed by atoms with Gasteiger partial charge in [-0.15, -0.1) is 0 Å². The van der Waals surface area contributed by atoms with Crippen LogP contribution in [0.5, 0.6) is 5.75 Å². The maximum atomic E-state index is 12.6. The minimum atomic E-state index is -4.64. The number of nitrogens with zero attached hydrogens (tertiary/aromatic N) is 1. The largest absolute Gasteiger partial charge is 0.506 e. The minimum Gasteiger partial charge on any atom is -0.506 e. The summed E-state index contributed by atoms with van der Waals surface area (Å²) >= 11 is 0. The number of fused-ring (bicyclic) bond motifs is 1. The third kappa shape index (κ3) is 3.50. The molecule has 0 saturated heterocycles. The molecule has 0 unspecified atom stereocenters. The summed E-state index contributed by atoms with van der Waals surface area (Å²) in [5, 5.41) is 23.9. The van der Waals surface area contributed by atoms with Crippen molar-refractivity contribution in [1.29, 1.82) is 0 Å². The number of carbonyl (C=O) groups is 1. The number of anilines is 1. The number of carbonyl (C=O) groups excluding carboxylic acids is 1. The summed E-state index contributed by atoms with van der Waals surface area (Å²) in [5.41, 5.74) is -0.186. The van der Waals surface area contributed by atoms with Crippen molar-refractivity contribution in [2.75, 3.05) is 5.32 Å².